The van der Waals surface area contributed by atoms with Gasteiger partial charge in [0, 0.05) is 12.6 Å². The lowest BCUT2D eigenvalue weighted by Crippen LogP contribution is -2.68. The van der Waals surface area contributed by atoms with Crippen LogP contribution in [0.5, 0.6) is 0 Å². The monoisotopic (exact) mass is 440 g/mol. The van der Waals surface area contributed by atoms with Gasteiger partial charge in [0.2, 0.25) is 0 Å². The van der Waals surface area contributed by atoms with Gasteiger partial charge in [0.25, 0.3) is 0 Å². The molecular weight excluding hydrogens is 412 g/mol. The van der Waals surface area contributed by atoms with E-state index in [1.165, 1.54) is 12.1 Å². The fraction of sp³-hybridized carbons (Fsp3) is 0.545. The topological polar surface area (TPSA) is 43.7 Å². The van der Waals surface area contributed by atoms with Crippen LogP contribution in [0.25, 0.3) is 0 Å². The zero-order chi connectivity index (χ0) is 22.2. The second-order valence-corrected chi connectivity index (χ2v) is 8.36. The summed E-state index contributed by atoms with van der Waals surface area (Å²) in [4.78, 5) is 4.00. The Labute approximate surface area is 179 Å². The lowest BCUT2D eigenvalue weighted by molar-refractivity contribution is -0.137. The second kappa shape index (κ2) is 8.90. The Morgan fingerprint density at radius 3 is 2.55 bits per heavy atom. The van der Waals surface area contributed by atoms with Gasteiger partial charge in [-0.3, -0.25) is 20.4 Å². The van der Waals surface area contributed by atoms with Crippen LogP contribution in [0.15, 0.2) is 40.8 Å². The zero-order valence-corrected chi connectivity index (χ0v) is 17.6. The van der Waals surface area contributed by atoms with Gasteiger partial charge in [0.15, 0.2) is 6.17 Å². The summed E-state index contributed by atoms with van der Waals surface area (Å²) < 4.78 is 60.0. The highest BCUT2D eigenvalue weighted by Crippen LogP contribution is 2.38. The predicted molar refractivity (Wildman–Crippen MR) is 109 cm³/mol. The maximum atomic E-state index is 15.6. The molecule has 170 valence electrons. The zero-order valence-electron chi connectivity index (χ0n) is 17.6. The molecule has 0 bridgehead atoms. The van der Waals surface area contributed by atoms with E-state index < -0.39 is 30.2 Å². The first-order chi connectivity index (χ1) is 14.7. The van der Waals surface area contributed by atoms with Gasteiger partial charge < -0.3 is 4.42 Å². The molecule has 0 saturated carbocycles. The molecule has 4 atom stereocenters. The molecule has 2 fully saturated rings. The number of halogens is 4. The average Bonchev–Trinajstić information content (AvgIpc) is 3.36. The molecular formula is C22H28F4N4O. The summed E-state index contributed by atoms with van der Waals surface area (Å²) in [6.45, 7) is 3.46. The Hall–Kier alpha value is -1.94. The molecule has 3 heterocycles. The number of hydrogen-bond donors (Lipinski definition) is 2. The number of alkyl halides is 4. The van der Waals surface area contributed by atoms with E-state index in [0.717, 1.165) is 42.1 Å². The van der Waals surface area contributed by atoms with E-state index in [2.05, 4.69) is 15.5 Å². The minimum Gasteiger partial charge on any atom is -0.465 e. The van der Waals surface area contributed by atoms with Crippen LogP contribution in [0.3, 0.4) is 0 Å². The fourth-order valence-electron chi connectivity index (χ4n) is 4.63. The number of nitrogens with one attached hydrogen (secondary N) is 2. The summed E-state index contributed by atoms with van der Waals surface area (Å²) >= 11 is 0. The van der Waals surface area contributed by atoms with Gasteiger partial charge in [0.1, 0.15) is 11.5 Å². The minimum atomic E-state index is -4.36. The van der Waals surface area contributed by atoms with Crippen molar-refractivity contribution in [2.75, 3.05) is 20.3 Å². The summed E-state index contributed by atoms with van der Waals surface area (Å²) in [5, 5.41) is 6.37. The molecule has 5 nitrogen and oxygen atoms in total. The normalized spacial score (nSPS) is 28.3. The third-order valence-electron chi connectivity index (χ3n) is 6.16. The van der Waals surface area contributed by atoms with Crippen molar-refractivity contribution in [2.24, 2.45) is 0 Å². The molecule has 2 N–H and O–H groups in total. The number of aryl methyl sites for hydroxylation is 1. The number of likely N-dealkylation sites (tertiary alicyclic amines) is 1. The van der Waals surface area contributed by atoms with Crippen molar-refractivity contribution in [3.05, 3.63) is 59.0 Å². The molecule has 4 unspecified atom stereocenters. The highest BCUT2D eigenvalue weighted by Gasteiger charge is 2.44. The van der Waals surface area contributed by atoms with Gasteiger partial charge in [-0.05, 0) is 56.6 Å². The van der Waals surface area contributed by atoms with E-state index in [1.54, 1.807) is 0 Å². The van der Waals surface area contributed by atoms with Crippen LogP contribution in [0.1, 0.15) is 41.5 Å². The Morgan fingerprint density at radius 1 is 1.16 bits per heavy atom. The molecule has 1 aromatic carbocycles. The number of hydrogen-bond acceptors (Lipinski definition) is 5. The number of rotatable bonds is 5. The van der Waals surface area contributed by atoms with Crippen LogP contribution in [0.2, 0.25) is 0 Å². The largest absolute Gasteiger partial charge is 0.465 e. The van der Waals surface area contributed by atoms with Crippen LogP contribution in [-0.4, -0.2) is 48.6 Å². The average molecular weight is 440 g/mol. The first-order valence-corrected chi connectivity index (χ1v) is 10.5. The van der Waals surface area contributed by atoms with Crippen LogP contribution in [-0.2, 0) is 12.7 Å². The molecule has 0 spiro atoms. The maximum Gasteiger partial charge on any atom is 0.416 e. The summed E-state index contributed by atoms with van der Waals surface area (Å²) in [6, 6.07) is 8.89. The van der Waals surface area contributed by atoms with Gasteiger partial charge in [0.05, 0.1) is 31.1 Å². The van der Waals surface area contributed by atoms with E-state index >= 15 is 4.39 Å². The van der Waals surface area contributed by atoms with Gasteiger partial charge in [-0.15, -0.1) is 0 Å². The summed E-state index contributed by atoms with van der Waals surface area (Å²) in [6.07, 6.45) is -4.96. The summed E-state index contributed by atoms with van der Waals surface area (Å²) in [7, 11) is 1.86. The molecule has 0 amide bonds. The van der Waals surface area contributed by atoms with Crippen molar-refractivity contribution < 1.29 is 22.0 Å². The van der Waals surface area contributed by atoms with E-state index in [0.29, 0.717) is 19.8 Å². The van der Waals surface area contributed by atoms with Gasteiger partial charge in [-0.1, -0.05) is 12.1 Å². The van der Waals surface area contributed by atoms with Crippen molar-refractivity contribution in [3.63, 3.8) is 0 Å². The SMILES string of the molecule is Cc1ccc(CNC2NCN(C)C(N3CCCC3c3ccc(C(F)(F)F)cc3)C2F)o1. The van der Waals surface area contributed by atoms with Gasteiger partial charge in [-0.2, -0.15) is 13.2 Å². The standard InChI is InChI=1S/C22H28F4N4O/c1-14-5-10-17(31-14)12-27-20-19(23)21(29(2)13-28-20)30-11-3-4-18(30)15-6-8-16(9-7-15)22(24,25)26/h5-10,18-21,27-28H,3-4,11-13H2,1-2H3. The molecule has 0 radical (unpaired) electrons. The first-order valence-electron chi connectivity index (χ1n) is 10.5. The quantitative estimate of drug-likeness (QED) is 0.688. The third-order valence-corrected chi connectivity index (χ3v) is 6.16. The molecule has 31 heavy (non-hydrogen) atoms. The summed E-state index contributed by atoms with van der Waals surface area (Å²) in [5.41, 5.74) is 0.126. The number of furan rings is 1. The molecule has 9 heteroatoms. The Balaban J connectivity index is 1.47. The van der Waals surface area contributed by atoms with Crippen LogP contribution in [0, 0.1) is 6.92 Å². The van der Waals surface area contributed by atoms with E-state index in [9.17, 15) is 13.2 Å². The minimum absolute atomic E-state index is 0.112. The van der Waals surface area contributed by atoms with Crippen molar-refractivity contribution in [2.45, 2.75) is 57.0 Å². The third kappa shape index (κ3) is 4.79. The maximum absolute atomic E-state index is 15.6. The van der Waals surface area contributed by atoms with E-state index in [1.807, 2.05) is 31.0 Å². The smallest absolute Gasteiger partial charge is 0.416 e. The van der Waals surface area contributed by atoms with Crippen LogP contribution in [0.4, 0.5) is 17.6 Å². The summed E-state index contributed by atoms with van der Waals surface area (Å²) in [5.74, 6) is 1.55. The van der Waals surface area contributed by atoms with Crippen molar-refractivity contribution in [1.29, 1.82) is 0 Å². The van der Waals surface area contributed by atoms with Gasteiger partial charge >= 0.3 is 6.18 Å². The van der Waals surface area contributed by atoms with E-state index in [-0.39, 0.29) is 6.04 Å². The molecule has 2 aliphatic heterocycles. The lowest BCUT2D eigenvalue weighted by atomic mass is 10.0. The molecule has 0 aliphatic carbocycles. The molecule has 4 rings (SSSR count). The predicted octanol–water partition coefficient (Wildman–Crippen LogP) is 4.02. The lowest BCUT2D eigenvalue weighted by Gasteiger charge is -2.47. The van der Waals surface area contributed by atoms with Crippen LogP contribution < -0.4 is 10.6 Å². The number of benzene rings is 1. The Bertz CT molecular complexity index is 869. The molecule has 2 saturated heterocycles. The molecule has 2 aliphatic rings. The molecule has 1 aromatic heterocycles. The second-order valence-electron chi connectivity index (χ2n) is 8.36. The number of nitrogens with zero attached hydrogens (tertiary/aromatic N) is 2. The highest BCUT2D eigenvalue weighted by molar-refractivity contribution is 5.27. The van der Waals surface area contributed by atoms with Crippen molar-refractivity contribution >= 4 is 0 Å². The van der Waals surface area contributed by atoms with E-state index in [4.69, 9.17) is 4.42 Å². The van der Waals surface area contributed by atoms with Crippen molar-refractivity contribution in [3.8, 4) is 0 Å². The highest BCUT2D eigenvalue weighted by atomic mass is 19.4. The first kappa shape index (κ1) is 22.3. The fourth-order valence-corrected chi connectivity index (χ4v) is 4.63. The molecule has 2 aromatic rings. The van der Waals surface area contributed by atoms with Crippen LogP contribution >= 0.6 is 0 Å². The Kier molecular flexibility index (Phi) is 6.39. The van der Waals surface area contributed by atoms with Crippen molar-refractivity contribution in [1.82, 2.24) is 20.4 Å². The Morgan fingerprint density at radius 2 is 1.90 bits per heavy atom. The van der Waals surface area contributed by atoms with Gasteiger partial charge in [-0.25, -0.2) is 4.39 Å².